The van der Waals surface area contributed by atoms with Gasteiger partial charge in [-0.3, -0.25) is 0 Å². The molecule has 96 valence electrons. The summed E-state index contributed by atoms with van der Waals surface area (Å²) in [6.07, 6.45) is 0. The summed E-state index contributed by atoms with van der Waals surface area (Å²) in [7, 11) is 1.63. The second-order valence-corrected chi connectivity index (χ2v) is 4.83. The predicted molar refractivity (Wildman–Crippen MR) is 68.2 cm³/mol. The molecule has 0 bridgehead atoms. The molecule has 0 radical (unpaired) electrons. The van der Waals surface area contributed by atoms with Gasteiger partial charge in [0, 0.05) is 5.56 Å². The minimum Gasteiger partial charge on any atom is -0.496 e. The zero-order valence-electron chi connectivity index (χ0n) is 11.0. The van der Waals surface area contributed by atoms with E-state index in [4.69, 9.17) is 15.0 Å². The number of aryl methyl sites for hydroxylation is 1. The van der Waals surface area contributed by atoms with Crippen molar-refractivity contribution in [2.75, 3.05) is 7.11 Å². The maximum atomic E-state index is 5.92. The third-order valence-corrected chi connectivity index (χ3v) is 2.66. The first-order valence-corrected chi connectivity index (χ1v) is 5.70. The molecular weight excluding hydrogens is 230 g/mol. The highest BCUT2D eigenvalue weighted by Crippen LogP contribution is 2.26. The predicted octanol–water partition coefficient (Wildman–Crippen LogP) is 2.25. The summed E-state index contributed by atoms with van der Waals surface area (Å²) in [5, 5.41) is 3.89. The van der Waals surface area contributed by atoms with E-state index >= 15 is 0 Å². The van der Waals surface area contributed by atoms with Crippen LogP contribution in [0.25, 0.3) is 11.5 Å². The lowest BCUT2D eigenvalue weighted by atomic mass is 10.1. The Bertz CT molecular complexity index is 556. The lowest BCUT2D eigenvalue weighted by Crippen LogP contribution is -2.30. The summed E-state index contributed by atoms with van der Waals surface area (Å²) in [6.45, 7) is 5.64. The smallest absolute Gasteiger partial charge is 0.258 e. The molecule has 0 fully saturated rings. The fourth-order valence-corrected chi connectivity index (χ4v) is 1.56. The van der Waals surface area contributed by atoms with Gasteiger partial charge < -0.3 is 15.0 Å². The second kappa shape index (κ2) is 4.42. The standard InChI is InChI=1S/C13H17N3O2/c1-8-5-6-9(7-10(8)17-4)11-15-12(16-18-11)13(2,3)14/h5-7H,14H2,1-4H3. The fourth-order valence-electron chi connectivity index (χ4n) is 1.56. The molecule has 1 heterocycles. The van der Waals surface area contributed by atoms with Crippen molar-refractivity contribution >= 4 is 0 Å². The third kappa shape index (κ3) is 2.36. The fraction of sp³-hybridized carbons (Fsp3) is 0.385. The van der Waals surface area contributed by atoms with E-state index < -0.39 is 5.54 Å². The molecule has 2 rings (SSSR count). The minimum atomic E-state index is -0.615. The van der Waals surface area contributed by atoms with Crippen LogP contribution in [0.15, 0.2) is 22.7 Å². The van der Waals surface area contributed by atoms with E-state index in [0.717, 1.165) is 16.9 Å². The Labute approximate surface area is 106 Å². The van der Waals surface area contributed by atoms with Crippen LogP contribution in [-0.2, 0) is 5.54 Å². The molecule has 0 amide bonds. The molecule has 0 saturated heterocycles. The number of nitrogens with zero attached hydrogens (tertiary/aromatic N) is 2. The Morgan fingerprint density at radius 2 is 2.06 bits per heavy atom. The van der Waals surface area contributed by atoms with Gasteiger partial charge >= 0.3 is 0 Å². The number of hydrogen-bond acceptors (Lipinski definition) is 5. The van der Waals surface area contributed by atoms with Crippen molar-refractivity contribution in [2.24, 2.45) is 5.73 Å². The van der Waals surface area contributed by atoms with Gasteiger partial charge in [0.15, 0.2) is 5.82 Å². The molecule has 0 aliphatic heterocycles. The SMILES string of the molecule is COc1cc(-c2nc(C(C)(C)N)no2)ccc1C. The highest BCUT2D eigenvalue weighted by Gasteiger charge is 2.22. The number of hydrogen-bond donors (Lipinski definition) is 1. The topological polar surface area (TPSA) is 74.2 Å². The van der Waals surface area contributed by atoms with E-state index in [1.54, 1.807) is 7.11 Å². The van der Waals surface area contributed by atoms with E-state index in [1.165, 1.54) is 0 Å². The van der Waals surface area contributed by atoms with E-state index in [-0.39, 0.29) is 0 Å². The number of rotatable bonds is 3. The van der Waals surface area contributed by atoms with Crippen LogP contribution >= 0.6 is 0 Å². The Morgan fingerprint density at radius 3 is 2.61 bits per heavy atom. The number of nitrogens with two attached hydrogens (primary N) is 1. The quantitative estimate of drug-likeness (QED) is 0.900. The van der Waals surface area contributed by atoms with Gasteiger partial charge in [-0.25, -0.2) is 0 Å². The van der Waals surface area contributed by atoms with E-state index in [2.05, 4.69) is 10.1 Å². The van der Waals surface area contributed by atoms with Gasteiger partial charge in [0.05, 0.1) is 12.6 Å². The van der Waals surface area contributed by atoms with Crippen molar-refractivity contribution in [3.05, 3.63) is 29.6 Å². The summed E-state index contributed by atoms with van der Waals surface area (Å²) in [5.74, 6) is 1.72. The molecule has 0 atom stereocenters. The molecule has 0 aliphatic carbocycles. The number of aromatic nitrogens is 2. The molecule has 5 nitrogen and oxygen atoms in total. The van der Waals surface area contributed by atoms with Gasteiger partial charge in [0.25, 0.3) is 5.89 Å². The van der Waals surface area contributed by atoms with Crippen LogP contribution in [0, 0.1) is 6.92 Å². The maximum absolute atomic E-state index is 5.92. The molecule has 1 aromatic heterocycles. The van der Waals surface area contributed by atoms with Crippen molar-refractivity contribution in [3.8, 4) is 17.2 Å². The number of ether oxygens (including phenoxy) is 1. The van der Waals surface area contributed by atoms with Crippen molar-refractivity contribution in [1.82, 2.24) is 10.1 Å². The van der Waals surface area contributed by atoms with Crippen molar-refractivity contribution in [3.63, 3.8) is 0 Å². The normalized spacial score (nSPS) is 11.6. The van der Waals surface area contributed by atoms with Gasteiger partial charge in [-0.2, -0.15) is 4.98 Å². The molecule has 0 aliphatic rings. The molecule has 1 aromatic carbocycles. The molecular formula is C13H17N3O2. The highest BCUT2D eigenvalue weighted by atomic mass is 16.5. The first kappa shape index (κ1) is 12.6. The molecule has 0 saturated carbocycles. The highest BCUT2D eigenvalue weighted by molar-refractivity contribution is 5.57. The Morgan fingerprint density at radius 1 is 1.33 bits per heavy atom. The van der Waals surface area contributed by atoms with Gasteiger partial charge in [-0.05, 0) is 38.5 Å². The Kier molecular flexibility index (Phi) is 3.09. The maximum Gasteiger partial charge on any atom is 0.258 e. The van der Waals surface area contributed by atoms with Gasteiger partial charge in [-0.15, -0.1) is 0 Å². The largest absolute Gasteiger partial charge is 0.496 e. The molecule has 5 heteroatoms. The number of benzene rings is 1. The molecule has 2 N–H and O–H groups in total. The molecule has 0 spiro atoms. The molecule has 18 heavy (non-hydrogen) atoms. The summed E-state index contributed by atoms with van der Waals surface area (Å²) in [6, 6.07) is 5.74. The van der Waals surface area contributed by atoms with Crippen LogP contribution in [0.2, 0.25) is 0 Å². The zero-order chi connectivity index (χ0) is 13.3. The molecule has 0 unspecified atom stereocenters. The van der Waals surface area contributed by atoms with Gasteiger partial charge in [0.1, 0.15) is 5.75 Å². The summed E-state index contributed by atoms with van der Waals surface area (Å²) in [4.78, 5) is 4.30. The van der Waals surface area contributed by atoms with Gasteiger partial charge in [-0.1, -0.05) is 11.2 Å². The van der Waals surface area contributed by atoms with Crippen LogP contribution in [0.3, 0.4) is 0 Å². The van der Waals surface area contributed by atoms with Crippen molar-refractivity contribution in [1.29, 1.82) is 0 Å². The monoisotopic (exact) mass is 247 g/mol. The number of methoxy groups -OCH3 is 1. The van der Waals surface area contributed by atoms with Crippen LogP contribution < -0.4 is 10.5 Å². The van der Waals surface area contributed by atoms with E-state index in [1.807, 2.05) is 39.0 Å². The summed E-state index contributed by atoms with van der Waals surface area (Å²) >= 11 is 0. The van der Waals surface area contributed by atoms with E-state index in [0.29, 0.717) is 11.7 Å². The first-order chi connectivity index (χ1) is 8.41. The lowest BCUT2D eigenvalue weighted by Gasteiger charge is -2.11. The van der Waals surface area contributed by atoms with Crippen LogP contribution in [0.5, 0.6) is 5.75 Å². The Hall–Kier alpha value is -1.88. The Balaban J connectivity index is 2.40. The third-order valence-electron chi connectivity index (χ3n) is 2.66. The molecule has 2 aromatic rings. The lowest BCUT2D eigenvalue weighted by molar-refractivity contribution is 0.396. The first-order valence-electron chi connectivity index (χ1n) is 5.70. The van der Waals surface area contributed by atoms with Crippen LogP contribution in [0.4, 0.5) is 0 Å². The second-order valence-electron chi connectivity index (χ2n) is 4.83. The average Bonchev–Trinajstić information content (AvgIpc) is 2.78. The van der Waals surface area contributed by atoms with E-state index in [9.17, 15) is 0 Å². The minimum absolute atomic E-state index is 0.446. The van der Waals surface area contributed by atoms with Crippen molar-refractivity contribution < 1.29 is 9.26 Å². The average molecular weight is 247 g/mol. The van der Waals surface area contributed by atoms with Crippen LogP contribution in [0.1, 0.15) is 25.2 Å². The van der Waals surface area contributed by atoms with Crippen LogP contribution in [-0.4, -0.2) is 17.3 Å². The summed E-state index contributed by atoms with van der Waals surface area (Å²) in [5.41, 5.74) is 7.18. The van der Waals surface area contributed by atoms with Gasteiger partial charge in [0.2, 0.25) is 0 Å². The summed E-state index contributed by atoms with van der Waals surface area (Å²) < 4.78 is 10.5. The zero-order valence-corrected chi connectivity index (χ0v) is 11.0. The van der Waals surface area contributed by atoms with Crippen molar-refractivity contribution in [2.45, 2.75) is 26.3 Å².